The molecule has 18 heavy (non-hydrogen) atoms. The number of nitrogen functional groups attached to an aromatic ring is 2. The molecule has 0 unspecified atom stereocenters. The molecule has 4 heteroatoms. The summed E-state index contributed by atoms with van der Waals surface area (Å²) in [7, 11) is 0. The molecule has 0 amide bonds. The van der Waals surface area contributed by atoms with Crippen LogP contribution in [0.1, 0.15) is 15.9 Å². The Morgan fingerprint density at radius 2 is 1.83 bits per heavy atom. The van der Waals surface area contributed by atoms with Gasteiger partial charge in [0.1, 0.15) is 0 Å². The van der Waals surface area contributed by atoms with Crippen molar-refractivity contribution >= 4 is 17.3 Å². The van der Waals surface area contributed by atoms with Crippen molar-refractivity contribution in [3.05, 3.63) is 47.5 Å². The summed E-state index contributed by atoms with van der Waals surface area (Å²) in [5.41, 5.74) is 15.2. The molecule has 0 aliphatic heterocycles. The van der Waals surface area contributed by atoms with E-state index < -0.39 is 5.97 Å². The first kappa shape index (κ1) is 12.0. The molecule has 5 N–H and O–H groups in total. The molecule has 0 saturated heterocycles. The molecule has 0 spiro atoms. The van der Waals surface area contributed by atoms with Crippen LogP contribution >= 0.6 is 0 Å². The van der Waals surface area contributed by atoms with E-state index in [0.29, 0.717) is 16.9 Å². The number of nitrogens with two attached hydrogens (primary N) is 2. The minimum absolute atomic E-state index is 0.230. The zero-order valence-electron chi connectivity index (χ0n) is 9.97. The highest BCUT2D eigenvalue weighted by atomic mass is 16.4. The van der Waals surface area contributed by atoms with Crippen molar-refractivity contribution in [1.82, 2.24) is 0 Å². The number of aromatic carboxylic acids is 1. The fourth-order valence-corrected chi connectivity index (χ4v) is 1.83. The lowest BCUT2D eigenvalue weighted by Crippen LogP contribution is -2.01. The maximum absolute atomic E-state index is 11.2. The second-order valence-corrected chi connectivity index (χ2v) is 4.18. The van der Waals surface area contributed by atoms with Gasteiger partial charge in [0.15, 0.2) is 0 Å². The summed E-state index contributed by atoms with van der Waals surface area (Å²) >= 11 is 0. The summed E-state index contributed by atoms with van der Waals surface area (Å²) in [5, 5.41) is 9.18. The third kappa shape index (κ3) is 2.13. The van der Waals surface area contributed by atoms with Gasteiger partial charge in [0.2, 0.25) is 0 Å². The first-order valence-corrected chi connectivity index (χ1v) is 5.48. The molecule has 0 atom stereocenters. The van der Waals surface area contributed by atoms with E-state index in [1.54, 1.807) is 24.3 Å². The average Bonchev–Trinajstić information content (AvgIpc) is 2.32. The van der Waals surface area contributed by atoms with Crippen LogP contribution in [0.5, 0.6) is 0 Å². The van der Waals surface area contributed by atoms with Crippen LogP contribution in [0.25, 0.3) is 11.1 Å². The first-order valence-electron chi connectivity index (χ1n) is 5.48. The SMILES string of the molecule is Cc1cc(-c2cc(N)ccc2C(=O)O)ccc1N. The number of carboxylic acids is 1. The van der Waals surface area contributed by atoms with Gasteiger partial charge in [0.25, 0.3) is 0 Å². The van der Waals surface area contributed by atoms with Gasteiger partial charge in [-0.2, -0.15) is 0 Å². The van der Waals surface area contributed by atoms with E-state index in [1.165, 1.54) is 6.07 Å². The molecular formula is C14H14N2O2. The van der Waals surface area contributed by atoms with Gasteiger partial charge in [-0.15, -0.1) is 0 Å². The Hall–Kier alpha value is -2.49. The van der Waals surface area contributed by atoms with Gasteiger partial charge in [-0.25, -0.2) is 4.79 Å². The topological polar surface area (TPSA) is 89.3 Å². The summed E-state index contributed by atoms with van der Waals surface area (Å²) in [6.07, 6.45) is 0. The van der Waals surface area contributed by atoms with Crippen LogP contribution in [0.4, 0.5) is 11.4 Å². The Labute approximate surface area is 105 Å². The second-order valence-electron chi connectivity index (χ2n) is 4.18. The van der Waals surface area contributed by atoms with E-state index in [-0.39, 0.29) is 5.56 Å². The monoisotopic (exact) mass is 242 g/mol. The van der Waals surface area contributed by atoms with E-state index in [4.69, 9.17) is 11.5 Å². The number of carbonyl (C=O) groups is 1. The molecule has 92 valence electrons. The van der Waals surface area contributed by atoms with Crippen molar-refractivity contribution in [3.8, 4) is 11.1 Å². The molecular weight excluding hydrogens is 228 g/mol. The van der Waals surface area contributed by atoms with Gasteiger partial charge in [-0.05, 0) is 53.9 Å². The minimum Gasteiger partial charge on any atom is -0.478 e. The van der Waals surface area contributed by atoms with Gasteiger partial charge < -0.3 is 16.6 Å². The molecule has 2 aromatic rings. The molecule has 0 aliphatic carbocycles. The van der Waals surface area contributed by atoms with Crippen molar-refractivity contribution in [2.75, 3.05) is 11.5 Å². The van der Waals surface area contributed by atoms with E-state index in [1.807, 2.05) is 13.0 Å². The van der Waals surface area contributed by atoms with E-state index in [0.717, 1.165) is 11.1 Å². The lowest BCUT2D eigenvalue weighted by Gasteiger charge is -2.09. The summed E-state index contributed by atoms with van der Waals surface area (Å²) in [4.78, 5) is 11.2. The summed E-state index contributed by atoms with van der Waals surface area (Å²) in [6.45, 7) is 1.88. The largest absolute Gasteiger partial charge is 0.478 e. The van der Waals surface area contributed by atoms with Gasteiger partial charge in [-0.3, -0.25) is 0 Å². The number of hydrogen-bond donors (Lipinski definition) is 3. The lowest BCUT2D eigenvalue weighted by molar-refractivity contribution is 0.0698. The molecule has 2 aromatic carbocycles. The number of hydrogen-bond acceptors (Lipinski definition) is 3. The highest BCUT2D eigenvalue weighted by Gasteiger charge is 2.12. The van der Waals surface area contributed by atoms with E-state index >= 15 is 0 Å². The number of rotatable bonds is 2. The highest BCUT2D eigenvalue weighted by molar-refractivity contribution is 5.97. The van der Waals surface area contributed by atoms with E-state index in [9.17, 15) is 9.90 Å². The Morgan fingerprint density at radius 3 is 2.44 bits per heavy atom. The van der Waals surface area contributed by atoms with Crippen LogP contribution in [0.2, 0.25) is 0 Å². The summed E-state index contributed by atoms with van der Waals surface area (Å²) in [5.74, 6) is -0.973. The van der Waals surface area contributed by atoms with Crippen molar-refractivity contribution in [2.24, 2.45) is 0 Å². The normalized spacial score (nSPS) is 10.3. The standard InChI is InChI=1S/C14H14N2O2/c1-8-6-9(2-5-13(8)16)12-7-10(15)3-4-11(12)14(17)18/h2-7H,15-16H2,1H3,(H,17,18). The molecule has 0 fully saturated rings. The van der Waals surface area contributed by atoms with Crippen molar-refractivity contribution < 1.29 is 9.90 Å². The zero-order valence-corrected chi connectivity index (χ0v) is 9.97. The molecule has 4 nitrogen and oxygen atoms in total. The number of anilines is 2. The highest BCUT2D eigenvalue weighted by Crippen LogP contribution is 2.28. The lowest BCUT2D eigenvalue weighted by atomic mass is 9.97. The van der Waals surface area contributed by atoms with Crippen LogP contribution in [-0.4, -0.2) is 11.1 Å². The minimum atomic E-state index is -0.973. The van der Waals surface area contributed by atoms with Crippen LogP contribution in [-0.2, 0) is 0 Å². The predicted octanol–water partition coefficient (Wildman–Crippen LogP) is 2.52. The fourth-order valence-electron chi connectivity index (χ4n) is 1.83. The zero-order chi connectivity index (χ0) is 13.3. The summed E-state index contributed by atoms with van der Waals surface area (Å²) in [6, 6.07) is 10.2. The molecule has 0 aromatic heterocycles. The fraction of sp³-hybridized carbons (Fsp3) is 0.0714. The third-order valence-electron chi connectivity index (χ3n) is 2.85. The maximum Gasteiger partial charge on any atom is 0.336 e. The predicted molar refractivity (Wildman–Crippen MR) is 72.4 cm³/mol. The second kappa shape index (κ2) is 4.41. The smallest absolute Gasteiger partial charge is 0.336 e. The number of aryl methyl sites for hydroxylation is 1. The third-order valence-corrected chi connectivity index (χ3v) is 2.85. The number of benzene rings is 2. The van der Waals surface area contributed by atoms with Crippen molar-refractivity contribution in [1.29, 1.82) is 0 Å². The Kier molecular flexibility index (Phi) is 2.93. The molecule has 0 heterocycles. The molecule has 0 bridgehead atoms. The Balaban J connectivity index is 2.65. The molecule has 0 radical (unpaired) electrons. The van der Waals surface area contributed by atoms with Crippen LogP contribution in [0.15, 0.2) is 36.4 Å². The Morgan fingerprint density at radius 1 is 1.11 bits per heavy atom. The van der Waals surface area contributed by atoms with Crippen LogP contribution in [0, 0.1) is 6.92 Å². The van der Waals surface area contributed by atoms with Gasteiger partial charge in [0, 0.05) is 11.4 Å². The van der Waals surface area contributed by atoms with E-state index in [2.05, 4.69) is 0 Å². The number of carboxylic acid groups (broad SMARTS) is 1. The molecule has 0 saturated carbocycles. The van der Waals surface area contributed by atoms with Gasteiger partial charge >= 0.3 is 5.97 Å². The summed E-state index contributed by atoms with van der Waals surface area (Å²) < 4.78 is 0. The molecule has 2 rings (SSSR count). The van der Waals surface area contributed by atoms with Crippen molar-refractivity contribution in [2.45, 2.75) is 6.92 Å². The van der Waals surface area contributed by atoms with Crippen molar-refractivity contribution in [3.63, 3.8) is 0 Å². The quantitative estimate of drug-likeness (QED) is 0.706. The van der Waals surface area contributed by atoms with Gasteiger partial charge in [-0.1, -0.05) is 6.07 Å². The first-order chi connectivity index (χ1) is 8.49. The van der Waals surface area contributed by atoms with Gasteiger partial charge in [0.05, 0.1) is 5.56 Å². The average molecular weight is 242 g/mol. The Bertz CT molecular complexity index is 621. The molecule has 0 aliphatic rings. The van der Waals surface area contributed by atoms with Crippen LogP contribution < -0.4 is 11.5 Å². The van der Waals surface area contributed by atoms with Crippen LogP contribution in [0.3, 0.4) is 0 Å². The maximum atomic E-state index is 11.2.